The van der Waals surface area contributed by atoms with Gasteiger partial charge in [-0.15, -0.1) is 0 Å². The fraction of sp³-hybridized carbons (Fsp3) is 0.526. The Morgan fingerprint density at radius 2 is 1.80 bits per heavy atom. The second-order valence-electron chi connectivity index (χ2n) is 7.65. The normalized spacial score (nSPS) is 35.5. The van der Waals surface area contributed by atoms with Crippen LogP contribution < -0.4 is 0 Å². The van der Waals surface area contributed by atoms with Gasteiger partial charge >= 0.3 is 0 Å². The number of hydrogen-bond donors (Lipinski definition) is 0. The van der Waals surface area contributed by atoms with E-state index in [0.29, 0.717) is 6.54 Å². The van der Waals surface area contributed by atoms with Gasteiger partial charge in [0.05, 0.1) is 17.9 Å². The molecule has 5 unspecified atom stereocenters. The smallest absolute Gasteiger partial charge is 0.243 e. The summed E-state index contributed by atoms with van der Waals surface area (Å²) in [6.45, 7) is 3.24. The van der Waals surface area contributed by atoms with Crippen LogP contribution in [0.4, 0.5) is 0 Å². The zero-order valence-electron chi connectivity index (χ0n) is 14.2. The lowest BCUT2D eigenvalue weighted by Gasteiger charge is -2.35. The lowest BCUT2D eigenvalue weighted by molar-refractivity contribution is -0.148. The molecule has 2 aliphatic carbocycles. The third kappa shape index (κ3) is 1.94. The predicted octanol–water partition coefficient (Wildman–Crippen LogP) is 1.20. The van der Waals surface area contributed by atoms with Crippen LogP contribution in [0.15, 0.2) is 30.5 Å². The van der Waals surface area contributed by atoms with Crippen molar-refractivity contribution in [3.63, 3.8) is 0 Å². The van der Waals surface area contributed by atoms with Crippen molar-refractivity contribution >= 4 is 17.7 Å². The van der Waals surface area contributed by atoms with Crippen LogP contribution in [0.3, 0.4) is 0 Å². The zero-order valence-corrected chi connectivity index (χ0v) is 14.2. The third-order valence-electron chi connectivity index (χ3n) is 6.52. The number of allylic oxidation sites excluding steroid dienone is 2. The van der Waals surface area contributed by atoms with Crippen LogP contribution in [-0.2, 0) is 20.9 Å². The summed E-state index contributed by atoms with van der Waals surface area (Å²) in [5.41, 5.74) is 1.10. The van der Waals surface area contributed by atoms with E-state index in [4.69, 9.17) is 0 Å². The third-order valence-corrected chi connectivity index (χ3v) is 6.52. The first-order chi connectivity index (χ1) is 12.1. The molecule has 0 N–H and O–H groups in total. The second kappa shape index (κ2) is 5.07. The van der Waals surface area contributed by atoms with Gasteiger partial charge in [0.15, 0.2) is 0 Å². The maximum absolute atomic E-state index is 12.8. The van der Waals surface area contributed by atoms with Crippen molar-refractivity contribution in [2.75, 3.05) is 13.1 Å². The molecule has 1 aromatic rings. The first-order valence-corrected chi connectivity index (χ1v) is 9.04. The van der Waals surface area contributed by atoms with Gasteiger partial charge in [0.2, 0.25) is 17.7 Å². The number of carbonyl (C=O) groups is 3. The molecule has 2 bridgehead atoms. The number of imide groups is 1. The summed E-state index contributed by atoms with van der Waals surface area (Å²) in [5, 5.41) is 0. The van der Waals surface area contributed by atoms with E-state index >= 15 is 0 Å². The van der Waals surface area contributed by atoms with Crippen molar-refractivity contribution in [1.82, 2.24) is 14.4 Å². The predicted molar refractivity (Wildman–Crippen MR) is 89.0 cm³/mol. The van der Waals surface area contributed by atoms with Crippen molar-refractivity contribution in [2.24, 2.45) is 23.7 Å². The largest absolute Gasteiger partial charge is 0.348 e. The molecule has 130 valence electrons. The number of likely N-dealkylation sites (tertiary alicyclic amines) is 1. The minimum atomic E-state index is -0.230. The van der Waals surface area contributed by atoms with E-state index < -0.39 is 0 Å². The maximum Gasteiger partial charge on any atom is 0.243 e. The molecular weight excluding hydrogens is 318 g/mol. The lowest BCUT2D eigenvalue weighted by Crippen LogP contribution is -2.47. The molecule has 1 saturated carbocycles. The van der Waals surface area contributed by atoms with Crippen LogP contribution in [0.2, 0.25) is 0 Å². The van der Waals surface area contributed by atoms with Crippen LogP contribution in [0, 0.1) is 23.7 Å². The fourth-order valence-electron chi connectivity index (χ4n) is 5.27. The van der Waals surface area contributed by atoms with E-state index in [1.165, 1.54) is 4.90 Å². The van der Waals surface area contributed by atoms with Gasteiger partial charge in [-0.2, -0.15) is 0 Å². The molecule has 3 heterocycles. The summed E-state index contributed by atoms with van der Waals surface area (Å²) in [6, 6.07) is 3.96. The van der Waals surface area contributed by atoms with Gasteiger partial charge in [0.1, 0.15) is 6.54 Å². The highest BCUT2D eigenvalue weighted by Crippen LogP contribution is 2.52. The van der Waals surface area contributed by atoms with Gasteiger partial charge in [0, 0.05) is 25.0 Å². The molecule has 2 aliphatic heterocycles. The molecule has 1 saturated heterocycles. The van der Waals surface area contributed by atoms with Crippen molar-refractivity contribution in [3.05, 3.63) is 36.2 Å². The summed E-state index contributed by atoms with van der Waals surface area (Å²) in [4.78, 5) is 41.3. The number of aromatic nitrogens is 1. The van der Waals surface area contributed by atoms with Crippen LogP contribution in [0.5, 0.6) is 0 Å². The van der Waals surface area contributed by atoms with E-state index in [1.54, 1.807) is 4.90 Å². The summed E-state index contributed by atoms with van der Waals surface area (Å²) >= 11 is 0. The summed E-state index contributed by atoms with van der Waals surface area (Å²) in [6.07, 6.45) is 7.08. The fourth-order valence-corrected chi connectivity index (χ4v) is 5.27. The number of amides is 3. The average molecular weight is 339 g/mol. The summed E-state index contributed by atoms with van der Waals surface area (Å²) in [7, 11) is 0. The molecule has 1 aromatic heterocycles. The molecule has 0 radical (unpaired) electrons. The molecule has 0 spiro atoms. The maximum atomic E-state index is 12.8. The highest BCUT2D eigenvalue weighted by molar-refractivity contribution is 6.08. The molecule has 6 nitrogen and oxygen atoms in total. The van der Waals surface area contributed by atoms with Crippen molar-refractivity contribution < 1.29 is 14.4 Å². The number of nitrogens with zero attached hydrogens (tertiary/aromatic N) is 3. The van der Waals surface area contributed by atoms with E-state index in [0.717, 1.165) is 18.7 Å². The number of hydrogen-bond acceptors (Lipinski definition) is 3. The Labute approximate surface area is 146 Å². The highest BCUT2D eigenvalue weighted by atomic mass is 16.2. The Morgan fingerprint density at radius 1 is 1.12 bits per heavy atom. The van der Waals surface area contributed by atoms with Gasteiger partial charge in [-0.25, -0.2) is 0 Å². The molecule has 4 aliphatic rings. The number of fused-ring (bicyclic) bond motifs is 6. The molecule has 5 atom stereocenters. The van der Waals surface area contributed by atoms with Crippen molar-refractivity contribution in [1.29, 1.82) is 0 Å². The van der Waals surface area contributed by atoms with E-state index in [1.807, 2.05) is 25.3 Å². The summed E-state index contributed by atoms with van der Waals surface area (Å²) < 4.78 is 2.15. The molecule has 3 amide bonds. The first kappa shape index (κ1) is 14.9. The van der Waals surface area contributed by atoms with E-state index in [9.17, 15) is 14.4 Å². The highest BCUT2D eigenvalue weighted by Gasteiger charge is 2.59. The van der Waals surface area contributed by atoms with Crippen molar-refractivity contribution in [2.45, 2.75) is 25.9 Å². The van der Waals surface area contributed by atoms with Crippen LogP contribution in [0.25, 0.3) is 0 Å². The second-order valence-corrected chi connectivity index (χ2v) is 7.65. The number of rotatable bonds is 2. The molecule has 6 heteroatoms. The van der Waals surface area contributed by atoms with Gasteiger partial charge in [-0.3, -0.25) is 19.3 Å². The molecule has 25 heavy (non-hydrogen) atoms. The monoisotopic (exact) mass is 339 g/mol. The first-order valence-electron chi connectivity index (χ1n) is 9.04. The quantitative estimate of drug-likeness (QED) is 0.601. The van der Waals surface area contributed by atoms with Crippen LogP contribution in [-0.4, -0.2) is 45.2 Å². The number of carbonyl (C=O) groups excluding carboxylic acids is 3. The van der Waals surface area contributed by atoms with Crippen molar-refractivity contribution in [3.8, 4) is 0 Å². The van der Waals surface area contributed by atoms with Gasteiger partial charge in [-0.1, -0.05) is 12.2 Å². The minimum Gasteiger partial charge on any atom is -0.348 e. The van der Waals surface area contributed by atoms with Gasteiger partial charge in [0.25, 0.3) is 0 Å². The van der Waals surface area contributed by atoms with Crippen LogP contribution in [0.1, 0.15) is 25.1 Å². The Morgan fingerprint density at radius 3 is 2.48 bits per heavy atom. The molecule has 5 rings (SSSR count). The van der Waals surface area contributed by atoms with Gasteiger partial charge < -0.3 is 9.47 Å². The van der Waals surface area contributed by atoms with E-state index in [2.05, 4.69) is 16.7 Å². The Balaban J connectivity index is 1.34. The summed E-state index contributed by atoms with van der Waals surface area (Å²) in [5.74, 6) is -0.520. The topological polar surface area (TPSA) is 62.6 Å². The standard InChI is InChI=1S/C19H21N3O3/c1-11-14-3-2-6-20(14)7-8-21(11)15(23)10-22-18(24)16-12-4-5-13(9-12)17(16)19(22)25/h2-6,11-13,16-17H,7-10H2,1H3. The average Bonchev–Trinajstić information content (AvgIpc) is 3.35. The molecule has 0 aromatic carbocycles. The van der Waals surface area contributed by atoms with Crippen LogP contribution >= 0.6 is 0 Å². The lowest BCUT2D eigenvalue weighted by atomic mass is 9.85. The Kier molecular flexibility index (Phi) is 3.03. The molecular formula is C19H21N3O3. The minimum absolute atomic E-state index is 0.0404. The van der Waals surface area contributed by atoms with Gasteiger partial charge in [-0.05, 0) is 37.3 Å². The zero-order chi connectivity index (χ0) is 17.3. The molecule has 2 fully saturated rings. The van der Waals surface area contributed by atoms with E-state index in [-0.39, 0.29) is 54.0 Å². The Bertz CT molecular complexity index is 781. The SMILES string of the molecule is CC1c2cccn2CCN1C(=O)CN1C(=O)C2C3C=CC(C3)C2C1=O. The Hall–Kier alpha value is -2.37.